The Balaban J connectivity index is 4.15. The molecular weight excluding hydrogens is 132 g/mol. The van der Waals surface area contributed by atoms with E-state index in [2.05, 4.69) is 5.92 Å². The van der Waals surface area contributed by atoms with Gasteiger partial charge in [-0.15, -0.1) is 0 Å². The van der Waals surface area contributed by atoms with E-state index in [1.54, 1.807) is 6.92 Å². The third kappa shape index (κ3) is 3.89. The number of aliphatic carboxylic acids is 1. The van der Waals surface area contributed by atoms with Gasteiger partial charge in [-0.3, -0.25) is 0 Å². The summed E-state index contributed by atoms with van der Waals surface area (Å²) < 4.78 is 0. The first-order valence-electron chi connectivity index (χ1n) is 2.82. The van der Waals surface area contributed by atoms with Gasteiger partial charge < -0.3 is 16.6 Å². The molecule has 0 amide bonds. The second-order valence-electron chi connectivity index (χ2n) is 1.95. The Morgan fingerprint density at radius 2 is 2.20 bits per heavy atom. The second kappa shape index (κ2) is 3.20. The maximum Gasteiger partial charge on any atom is 0.382 e. The zero-order valence-corrected chi connectivity index (χ0v) is 5.72. The predicted octanol–water partition coefficient (Wildman–Crippen LogP) is -0.902. The summed E-state index contributed by atoms with van der Waals surface area (Å²) in [5.41, 5.74) is 9.44. The molecule has 0 aliphatic heterocycles. The number of nitrogens with two attached hydrogens (primary N) is 2. The molecule has 0 fully saturated rings. The van der Waals surface area contributed by atoms with E-state index in [0.717, 1.165) is 0 Å². The first-order chi connectivity index (χ1) is 4.48. The van der Waals surface area contributed by atoms with Gasteiger partial charge in [0.05, 0.1) is 0 Å². The largest absolute Gasteiger partial charge is 0.472 e. The summed E-state index contributed by atoms with van der Waals surface area (Å²) in [5, 5.41) is 8.09. The van der Waals surface area contributed by atoms with Crippen molar-refractivity contribution in [1.29, 1.82) is 0 Å². The molecule has 5 N–H and O–H groups in total. The molecule has 0 rings (SSSR count). The van der Waals surface area contributed by atoms with Crippen LogP contribution in [0.1, 0.15) is 13.3 Å². The Kier molecular flexibility index (Phi) is 2.87. The van der Waals surface area contributed by atoms with Crippen LogP contribution < -0.4 is 11.5 Å². The molecule has 0 radical (unpaired) electrons. The fraction of sp³-hybridized carbons (Fsp3) is 0.500. The lowest BCUT2D eigenvalue weighted by Crippen LogP contribution is -2.47. The zero-order valence-electron chi connectivity index (χ0n) is 5.72. The molecule has 0 aliphatic carbocycles. The average molecular weight is 142 g/mol. The molecule has 0 heterocycles. The molecule has 0 aromatic heterocycles. The van der Waals surface area contributed by atoms with Crippen molar-refractivity contribution in [3.8, 4) is 11.8 Å². The molecule has 4 heteroatoms. The highest BCUT2D eigenvalue weighted by Gasteiger charge is 2.10. The average Bonchev–Trinajstić information content (AvgIpc) is 1.85. The van der Waals surface area contributed by atoms with Crippen molar-refractivity contribution in [3.63, 3.8) is 0 Å². The van der Waals surface area contributed by atoms with Gasteiger partial charge in [0, 0.05) is 5.92 Å². The fourth-order valence-corrected chi connectivity index (χ4v) is 0.258. The third-order valence-corrected chi connectivity index (χ3v) is 0.987. The van der Waals surface area contributed by atoms with Gasteiger partial charge in [0.2, 0.25) is 0 Å². The quantitative estimate of drug-likeness (QED) is 0.327. The minimum atomic E-state index is -1.21. The van der Waals surface area contributed by atoms with Gasteiger partial charge >= 0.3 is 5.97 Å². The summed E-state index contributed by atoms with van der Waals surface area (Å²) >= 11 is 0. The van der Waals surface area contributed by atoms with Crippen molar-refractivity contribution in [3.05, 3.63) is 0 Å². The fourth-order valence-electron chi connectivity index (χ4n) is 0.258. The van der Waals surface area contributed by atoms with Crippen LogP contribution >= 0.6 is 0 Å². The molecule has 56 valence electrons. The summed E-state index contributed by atoms with van der Waals surface area (Å²) in [6.07, 6.45) is 0.424. The van der Waals surface area contributed by atoms with E-state index in [4.69, 9.17) is 16.6 Å². The van der Waals surface area contributed by atoms with Crippen LogP contribution in [0.15, 0.2) is 0 Å². The Labute approximate surface area is 59.2 Å². The van der Waals surface area contributed by atoms with Gasteiger partial charge in [0.25, 0.3) is 0 Å². The van der Waals surface area contributed by atoms with Gasteiger partial charge in [0.15, 0.2) is 0 Å². The molecule has 0 aromatic carbocycles. The summed E-state index contributed by atoms with van der Waals surface area (Å²) in [4.78, 5) is 9.88. The minimum absolute atomic E-state index is 0.424. The summed E-state index contributed by atoms with van der Waals surface area (Å²) in [5.74, 6) is 2.85. The lowest BCUT2D eigenvalue weighted by atomic mass is 10.1. The van der Waals surface area contributed by atoms with Gasteiger partial charge in [-0.2, -0.15) is 0 Å². The molecule has 0 aliphatic rings. The van der Waals surface area contributed by atoms with E-state index in [0.29, 0.717) is 6.42 Å². The number of hydrogen-bond donors (Lipinski definition) is 3. The van der Waals surface area contributed by atoms with E-state index in [9.17, 15) is 4.79 Å². The molecule has 0 saturated carbocycles. The predicted molar refractivity (Wildman–Crippen MR) is 36.8 cm³/mol. The highest BCUT2D eigenvalue weighted by atomic mass is 16.4. The van der Waals surface area contributed by atoms with Crippen LogP contribution in [0, 0.1) is 11.8 Å². The van der Waals surface area contributed by atoms with Crippen LogP contribution in [-0.4, -0.2) is 16.7 Å². The first kappa shape index (κ1) is 8.95. The highest BCUT2D eigenvalue weighted by molar-refractivity contribution is 5.86. The Hall–Kier alpha value is -1.05. The summed E-state index contributed by atoms with van der Waals surface area (Å²) in [6.45, 7) is 1.73. The Bertz CT molecular complexity index is 188. The standard InChI is InChI=1S/C6H10N2O2/c1-2-6(7,8)4-3-5(9)10/h2,7-8H2,1H3,(H,9,10). The van der Waals surface area contributed by atoms with E-state index in [-0.39, 0.29) is 0 Å². The first-order valence-corrected chi connectivity index (χ1v) is 2.82. The van der Waals surface area contributed by atoms with Crippen LogP contribution in [0.2, 0.25) is 0 Å². The minimum Gasteiger partial charge on any atom is -0.472 e. The molecule has 0 spiro atoms. The zero-order chi connectivity index (χ0) is 8.20. The second-order valence-corrected chi connectivity index (χ2v) is 1.95. The monoisotopic (exact) mass is 142 g/mol. The van der Waals surface area contributed by atoms with Gasteiger partial charge in [-0.1, -0.05) is 12.8 Å². The smallest absolute Gasteiger partial charge is 0.382 e. The normalized spacial score (nSPS) is 9.90. The van der Waals surface area contributed by atoms with E-state index < -0.39 is 11.6 Å². The third-order valence-electron chi connectivity index (χ3n) is 0.987. The summed E-state index contributed by atoms with van der Waals surface area (Å²) in [6, 6.07) is 0. The van der Waals surface area contributed by atoms with Gasteiger partial charge in [-0.05, 0) is 6.42 Å². The van der Waals surface area contributed by atoms with Crippen molar-refractivity contribution in [1.82, 2.24) is 0 Å². The van der Waals surface area contributed by atoms with Crippen molar-refractivity contribution in [2.24, 2.45) is 11.5 Å². The van der Waals surface area contributed by atoms with Crippen molar-refractivity contribution in [2.75, 3.05) is 0 Å². The Morgan fingerprint density at radius 1 is 1.70 bits per heavy atom. The van der Waals surface area contributed by atoms with Crippen LogP contribution in [-0.2, 0) is 4.79 Å². The number of carboxylic acids is 1. The molecule has 0 atom stereocenters. The van der Waals surface area contributed by atoms with E-state index in [1.165, 1.54) is 0 Å². The van der Waals surface area contributed by atoms with Crippen molar-refractivity contribution in [2.45, 2.75) is 19.0 Å². The number of hydrogen-bond acceptors (Lipinski definition) is 3. The molecule has 0 unspecified atom stereocenters. The summed E-state index contributed by atoms with van der Waals surface area (Å²) in [7, 11) is 0. The molecule has 4 nitrogen and oxygen atoms in total. The Morgan fingerprint density at radius 3 is 2.50 bits per heavy atom. The SMILES string of the molecule is CCC(N)(N)C#CC(=O)O. The van der Waals surface area contributed by atoms with Crippen molar-refractivity contribution < 1.29 is 9.90 Å². The van der Waals surface area contributed by atoms with Crippen LogP contribution in [0.4, 0.5) is 0 Å². The van der Waals surface area contributed by atoms with Crippen LogP contribution in [0.25, 0.3) is 0 Å². The molecule has 0 aromatic rings. The topological polar surface area (TPSA) is 89.3 Å². The maximum absolute atomic E-state index is 9.88. The van der Waals surface area contributed by atoms with Gasteiger partial charge in [0.1, 0.15) is 5.66 Å². The van der Waals surface area contributed by atoms with Crippen molar-refractivity contribution >= 4 is 5.97 Å². The molecule has 10 heavy (non-hydrogen) atoms. The van der Waals surface area contributed by atoms with E-state index in [1.807, 2.05) is 5.92 Å². The van der Waals surface area contributed by atoms with Gasteiger partial charge in [-0.25, -0.2) is 4.79 Å². The number of carbonyl (C=O) groups is 1. The molecular formula is C6H10N2O2. The molecule has 0 bridgehead atoms. The van der Waals surface area contributed by atoms with Crippen LogP contribution in [0.5, 0.6) is 0 Å². The van der Waals surface area contributed by atoms with E-state index >= 15 is 0 Å². The van der Waals surface area contributed by atoms with Crippen LogP contribution in [0.3, 0.4) is 0 Å². The number of carboxylic acid groups (broad SMARTS) is 1. The lowest BCUT2D eigenvalue weighted by molar-refractivity contribution is -0.130. The molecule has 0 saturated heterocycles. The number of rotatable bonds is 1. The lowest BCUT2D eigenvalue weighted by Gasteiger charge is -2.12. The highest BCUT2D eigenvalue weighted by Crippen LogP contribution is 1.92. The maximum atomic E-state index is 9.88.